The molecule has 1 saturated heterocycles. The molecule has 1 heterocycles. The first-order valence-electron chi connectivity index (χ1n) is 6.95. The molecule has 1 saturated carbocycles. The Labute approximate surface area is 108 Å². The van der Waals surface area contributed by atoms with Crippen molar-refractivity contribution in [3.63, 3.8) is 0 Å². The Bertz CT molecular complexity index is 305. The summed E-state index contributed by atoms with van der Waals surface area (Å²) in [6.07, 6.45) is 6.33. The average molecular weight is 253 g/mol. The van der Waals surface area contributed by atoms with E-state index >= 15 is 0 Å². The van der Waals surface area contributed by atoms with Gasteiger partial charge >= 0.3 is 0 Å². The molecular formula is C13H23N3O2. The molecule has 0 radical (unpaired) electrons. The van der Waals surface area contributed by atoms with E-state index in [1.165, 1.54) is 25.7 Å². The third-order valence-corrected chi connectivity index (χ3v) is 4.11. The molecule has 0 aromatic carbocycles. The Morgan fingerprint density at radius 3 is 2.78 bits per heavy atom. The van der Waals surface area contributed by atoms with E-state index in [0.717, 1.165) is 6.42 Å². The van der Waals surface area contributed by atoms with Crippen LogP contribution in [0.4, 0.5) is 0 Å². The van der Waals surface area contributed by atoms with E-state index in [1.54, 1.807) is 7.05 Å². The smallest absolute Gasteiger partial charge is 0.237 e. The summed E-state index contributed by atoms with van der Waals surface area (Å²) in [5, 5.41) is 8.81. The molecule has 102 valence electrons. The van der Waals surface area contributed by atoms with E-state index in [4.69, 9.17) is 0 Å². The number of nitrogens with one attached hydrogen (secondary N) is 3. The van der Waals surface area contributed by atoms with Gasteiger partial charge in [-0.2, -0.15) is 0 Å². The first-order chi connectivity index (χ1) is 8.70. The van der Waals surface area contributed by atoms with E-state index in [0.29, 0.717) is 24.9 Å². The van der Waals surface area contributed by atoms with Crippen molar-refractivity contribution in [2.75, 3.05) is 13.6 Å². The van der Waals surface area contributed by atoms with Crippen molar-refractivity contribution in [3.8, 4) is 0 Å². The van der Waals surface area contributed by atoms with Crippen LogP contribution in [0.25, 0.3) is 0 Å². The molecule has 3 unspecified atom stereocenters. The van der Waals surface area contributed by atoms with Gasteiger partial charge in [0.15, 0.2) is 0 Å². The van der Waals surface area contributed by atoms with Gasteiger partial charge in [-0.05, 0) is 25.2 Å². The molecule has 0 spiro atoms. The van der Waals surface area contributed by atoms with Crippen molar-refractivity contribution in [2.45, 2.75) is 50.6 Å². The van der Waals surface area contributed by atoms with Gasteiger partial charge in [0, 0.05) is 26.1 Å². The molecular weight excluding hydrogens is 230 g/mol. The zero-order chi connectivity index (χ0) is 13.0. The molecule has 5 heteroatoms. The number of carbonyl (C=O) groups is 2. The largest absolute Gasteiger partial charge is 0.359 e. The summed E-state index contributed by atoms with van der Waals surface area (Å²) in [6, 6.07) is 0.483. The zero-order valence-corrected chi connectivity index (χ0v) is 11.0. The van der Waals surface area contributed by atoms with Crippen molar-refractivity contribution >= 4 is 11.8 Å². The normalized spacial score (nSPS) is 30.6. The van der Waals surface area contributed by atoms with E-state index in [-0.39, 0.29) is 17.9 Å². The summed E-state index contributed by atoms with van der Waals surface area (Å²) in [5.74, 6) is 0.685. The number of rotatable bonds is 4. The molecule has 0 aromatic rings. The van der Waals surface area contributed by atoms with Crippen LogP contribution in [0.5, 0.6) is 0 Å². The Morgan fingerprint density at radius 1 is 1.28 bits per heavy atom. The molecule has 2 rings (SSSR count). The third-order valence-electron chi connectivity index (χ3n) is 4.11. The van der Waals surface area contributed by atoms with Crippen molar-refractivity contribution in [2.24, 2.45) is 5.92 Å². The average Bonchev–Trinajstić information content (AvgIpc) is 2.82. The summed E-state index contributed by atoms with van der Waals surface area (Å²) in [5.41, 5.74) is 0. The SMILES string of the molecule is CNC(=O)CCNC(=O)C1CC2CCCCC2N1. The van der Waals surface area contributed by atoms with Gasteiger partial charge in [0.25, 0.3) is 0 Å². The first-order valence-corrected chi connectivity index (χ1v) is 6.95. The van der Waals surface area contributed by atoms with E-state index in [2.05, 4.69) is 16.0 Å². The van der Waals surface area contributed by atoms with Gasteiger partial charge < -0.3 is 16.0 Å². The lowest BCUT2D eigenvalue weighted by molar-refractivity contribution is -0.123. The second kappa shape index (κ2) is 6.18. The van der Waals surface area contributed by atoms with Gasteiger partial charge in [-0.15, -0.1) is 0 Å². The van der Waals surface area contributed by atoms with Gasteiger partial charge in [0.2, 0.25) is 11.8 Å². The zero-order valence-electron chi connectivity index (χ0n) is 11.0. The molecule has 0 bridgehead atoms. The van der Waals surface area contributed by atoms with Crippen LogP contribution in [0.1, 0.15) is 38.5 Å². The van der Waals surface area contributed by atoms with Crippen LogP contribution >= 0.6 is 0 Å². The van der Waals surface area contributed by atoms with Gasteiger partial charge in [0.05, 0.1) is 6.04 Å². The first kappa shape index (κ1) is 13.3. The second-order valence-electron chi connectivity index (χ2n) is 5.32. The summed E-state index contributed by atoms with van der Waals surface area (Å²) in [7, 11) is 1.60. The van der Waals surface area contributed by atoms with Crippen LogP contribution in [0.3, 0.4) is 0 Å². The van der Waals surface area contributed by atoms with E-state index in [9.17, 15) is 9.59 Å². The maximum atomic E-state index is 12.0. The molecule has 2 amide bonds. The Balaban J connectivity index is 1.71. The van der Waals surface area contributed by atoms with E-state index in [1.807, 2.05) is 0 Å². The van der Waals surface area contributed by atoms with Gasteiger partial charge in [-0.1, -0.05) is 12.8 Å². The molecule has 0 aromatic heterocycles. The number of fused-ring (bicyclic) bond motifs is 1. The van der Waals surface area contributed by atoms with E-state index < -0.39 is 0 Å². The van der Waals surface area contributed by atoms with Crippen molar-refractivity contribution in [1.29, 1.82) is 0 Å². The second-order valence-corrected chi connectivity index (χ2v) is 5.32. The summed E-state index contributed by atoms with van der Waals surface area (Å²) in [6.45, 7) is 0.423. The van der Waals surface area contributed by atoms with Gasteiger partial charge in [-0.25, -0.2) is 0 Å². The topological polar surface area (TPSA) is 70.2 Å². The van der Waals surface area contributed by atoms with Crippen molar-refractivity contribution in [1.82, 2.24) is 16.0 Å². The highest BCUT2D eigenvalue weighted by Crippen LogP contribution is 2.33. The highest BCUT2D eigenvalue weighted by atomic mass is 16.2. The fourth-order valence-corrected chi connectivity index (χ4v) is 3.07. The van der Waals surface area contributed by atoms with Crippen LogP contribution in [0.15, 0.2) is 0 Å². The Morgan fingerprint density at radius 2 is 2.06 bits per heavy atom. The predicted molar refractivity (Wildman–Crippen MR) is 69.0 cm³/mol. The molecule has 5 nitrogen and oxygen atoms in total. The van der Waals surface area contributed by atoms with Crippen LogP contribution in [-0.4, -0.2) is 37.5 Å². The predicted octanol–water partition coefficient (Wildman–Crippen LogP) is 0.159. The third kappa shape index (κ3) is 3.22. The van der Waals surface area contributed by atoms with Crippen molar-refractivity contribution < 1.29 is 9.59 Å². The lowest BCUT2D eigenvalue weighted by Crippen LogP contribution is -2.43. The highest BCUT2D eigenvalue weighted by molar-refractivity contribution is 5.83. The molecule has 18 heavy (non-hydrogen) atoms. The molecule has 1 aliphatic carbocycles. The molecule has 2 fully saturated rings. The quantitative estimate of drug-likeness (QED) is 0.668. The maximum absolute atomic E-state index is 12.0. The summed E-state index contributed by atoms with van der Waals surface area (Å²) < 4.78 is 0. The maximum Gasteiger partial charge on any atom is 0.237 e. The number of carbonyl (C=O) groups excluding carboxylic acids is 2. The Hall–Kier alpha value is -1.10. The number of hydrogen-bond acceptors (Lipinski definition) is 3. The lowest BCUT2D eigenvalue weighted by Gasteiger charge is -2.24. The standard InChI is InChI=1S/C13H23N3O2/c1-14-12(17)6-7-15-13(18)11-8-9-4-2-3-5-10(9)16-11/h9-11,16H,2-8H2,1H3,(H,14,17)(H,15,18). The van der Waals surface area contributed by atoms with Crippen molar-refractivity contribution in [3.05, 3.63) is 0 Å². The number of amides is 2. The minimum atomic E-state index is -0.0530. The molecule has 3 N–H and O–H groups in total. The Kier molecular flexibility index (Phi) is 4.58. The highest BCUT2D eigenvalue weighted by Gasteiger charge is 2.37. The fraction of sp³-hybridized carbons (Fsp3) is 0.846. The lowest BCUT2D eigenvalue weighted by atomic mass is 9.85. The van der Waals surface area contributed by atoms with Crippen LogP contribution < -0.4 is 16.0 Å². The molecule has 3 atom stereocenters. The van der Waals surface area contributed by atoms with Gasteiger partial charge in [-0.3, -0.25) is 9.59 Å². The molecule has 1 aliphatic heterocycles. The number of hydrogen-bond donors (Lipinski definition) is 3. The van der Waals surface area contributed by atoms with Crippen LogP contribution in [-0.2, 0) is 9.59 Å². The minimum Gasteiger partial charge on any atom is -0.359 e. The van der Waals surface area contributed by atoms with Crippen LogP contribution in [0, 0.1) is 5.92 Å². The molecule has 2 aliphatic rings. The van der Waals surface area contributed by atoms with Crippen LogP contribution in [0.2, 0.25) is 0 Å². The summed E-state index contributed by atoms with van der Waals surface area (Å²) >= 11 is 0. The summed E-state index contributed by atoms with van der Waals surface area (Å²) in [4.78, 5) is 23.0. The van der Waals surface area contributed by atoms with Gasteiger partial charge in [0.1, 0.15) is 0 Å². The minimum absolute atomic E-state index is 0.0386. The monoisotopic (exact) mass is 253 g/mol. The fourth-order valence-electron chi connectivity index (χ4n) is 3.07.